The molecule has 0 saturated carbocycles. The van der Waals surface area contributed by atoms with Gasteiger partial charge >= 0.3 is 0 Å². The zero-order valence-electron chi connectivity index (χ0n) is 8.38. The van der Waals surface area contributed by atoms with Crippen LogP contribution in [0.25, 0.3) is 0 Å². The third-order valence-corrected chi connectivity index (χ3v) is 1.92. The molecule has 0 bridgehead atoms. The lowest BCUT2D eigenvalue weighted by Crippen LogP contribution is -2.26. The molecule has 4 heteroatoms. The molecular weight excluding hydrogens is 164 g/mol. The first kappa shape index (κ1) is 10.2. The average Bonchev–Trinajstić information content (AvgIpc) is 2.39. The van der Waals surface area contributed by atoms with E-state index >= 15 is 0 Å². The smallest absolute Gasteiger partial charge is 0.0596 e. The second-order valence-electron chi connectivity index (χ2n) is 3.19. The summed E-state index contributed by atoms with van der Waals surface area (Å²) in [5.41, 5.74) is 7.65. The van der Waals surface area contributed by atoms with Gasteiger partial charge in [-0.2, -0.15) is 5.10 Å². The zero-order chi connectivity index (χ0) is 9.68. The van der Waals surface area contributed by atoms with Crippen molar-refractivity contribution in [1.29, 1.82) is 0 Å². The fourth-order valence-corrected chi connectivity index (χ4v) is 1.31. The van der Waals surface area contributed by atoms with E-state index in [9.17, 15) is 0 Å². The molecule has 0 aliphatic rings. The summed E-state index contributed by atoms with van der Waals surface area (Å²) in [5, 5.41) is 7.59. The molecule has 74 valence electrons. The Kier molecular flexibility index (Phi) is 3.92. The highest BCUT2D eigenvalue weighted by Gasteiger charge is 1.98. The van der Waals surface area contributed by atoms with Gasteiger partial charge in [0, 0.05) is 25.3 Å². The van der Waals surface area contributed by atoms with E-state index in [0.717, 1.165) is 25.3 Å². The maximum atomic E-state index is 5.36. The fraction of sp³-hybridized carbons (Fsp3) is 0.667. The number of nitrogens with zero attached hydrogens (tertiary/aromatic N) is 2. The summed E-state index contributed by atoms with van der Waals surface area (Å²) in [7, 11) is 0. The van der Waals surface area contributed by atoms with E-state index < -0.39 is 0 Å². The molecule has 0 aliphatic heterocycles. The number of aryl methyl sites for hydroxylation is 2. The Morgan fingerprint density at radius 2 is 2.23 bits per heavy atom. The lowest BCUT2D eigenvalue weighted by Gasteiger charge is -2.04. The van der Waals surface area contributed by atoms with E-state index in [0.29, 0.717) is 6.54 Å². The predicted molar refractivity (Wildman–Crippen MR) is 53.6 cm³/mol. The highest BCUT2D eigenvalue weighted by Crippen LogP contribution is 2.00. The minimum atomic E-state index is 0.692. The van der Waals surface area contributed by atoms with Crippen LogP contribution in [-0.2, 0) is 6.54 Å². The third-order valence-electron chi connectivity index (χ3n) is 1.92. The molecule has 0 unspecified atom stereocenters. The maximum Gasteiger partial charge on any atom is 0.0596 e. The van der Waals surface area contributed by atoms with Crippen LogP contribution in [-0.4, -0.2) is 29.4 Å². The van der Waals surface area contributed by atoms with Crippen molar-refractivity contribution in [2.45, 2.75) is 20.4 Å². The number of nitrogens with one attached hydrogen (secondary N) is 1. The Bertz CT molecular complexity index is 254. The van der Waals surface area contributed by atoms with E-state index in [1.54, 1.807) is 0 Å². The molecular formula is C9H18N4. The molecule has 13 heavy (non-hydrogen) atoms. The zero-order valence-corrected chi connectivity index (χ0v) is 8.38. The van der Waals surface area contributed by atoms with Crippen LogP contribution in [0.5, 0.6) is 0 Å². The van der Waals surface area contributed by atoms with Crippen molar-refractivity contribution in [3.63, 3.8) is 0 Å². The molecule has 1 heterocycles. The van der Waals surface area contributed by atoms with Crippen molar-refractivity contribution in [1.82, 2.24) is 15.1 Å². The van der Waals surface area contributed by atoms with Gasteiger partial charge in [-0.3, -0.25) is 4.68 Å². The van der Waals surface area contributed by atoms with Crippen molar-refractivity contribution < 1.29 is 0 Å². The Hall–Kier alpha value is -0.870. The first-order valence-electron chi connectivity index (χ1n) is 4.66. The molecule has 0 atom stereocenters. The summed E-state index contributed by atoms with van der Waals surface area (Å²) in [6.07, 6.45) is 0. The third kappa shape index (κ3) is 3.16. The molecule has 0 radical (unpaired) electrons. The molecule has 1 aromatic heterocycles. The second-order valence-corrected chi connectivity index (χ2v) is 3.19. The van der Waals surface area contributed by atoms with Crippen molar-refractivity contribution in [3.8, 4) is 0 Å². The highest BCUT2D eigenvalue weighted by atomic mass is 15.3. The van der Waals surface area contributed by atoms with Crippen LogP contribution in [0, 0.1) is 13.8 Å². The Labute approximate surface area is 79.1 Å². The SMILES string of the molecule is Cc1cc(C)n(CCNCCN)n1. The normalized spacial score (nSPS) is 10.7. The Morgan fingerprint density at radius 3 is 2.77 bits per heavy atom. The van der Waals surface area contributed by atoms with Crippen LogP contribution in [0.15, 0.2) is 6.07 Å². The van der Waals surface area contributed by atoms with Gasteiger partial charge in [-0.1, -0.05) is 0 Å². The molecule has 1 aromatic rings. The molecule has 0 aromatic carbocycles. The Balaban J connectivity index is 2.32. The van der Waals surface area contributed by atoms with E-state index in [1.807, 2.05) is 11.6 Å². The largest absolute Gasteiger partial charge is 0.329 e. The van der Waals surface area contributed by atoms with Crippen molar-refractivity contribution in [3.05, 3.63) is 17.5 Å². The molecule has 0 saturated heterocycles. The predicted octanol–water partition coefficient (Wildman–Crippen LogP) is 0.0482. The minimum Gasteiger partial charge on any atom is -0.329 e. The van der Waals surface area contributed by atoms with Crippen LogP contribution < -0.4 is 11.1 Å². The van der Waals surface area contributed by atoms with Crippen LogP contribution >= 0.6 is 0 Å². The van der Waals surface area contributed by atoms with Gasteiger partial charge in [0.1, 0.15) is 0 Å². The molecule has 0 aliphatic carbocycles. The average molecular weight is 182 g/mol. The summed E-state index contributed by atoms with van der Waals surface area (Å²) in [6.45, 7) is 7.50. The molecule has 1 rings (SSSR count). The van der Waals surface area contributed by atoms with Gasteiger partial charge in [-0.25, -0.2) is 0 Å². The molecule has 0 amide bonds. The fourth-order valence-electron chi connectivity index (χ4n) is 1.31. The summed E-state index contributed by atoms with van der Waals surface area (Å²) >= 11 is 0. The van der Waals surface area contributed by atoms with E-state index in [-0.39, 0.29) is 0 Å². The van der Waals surface area contributed by atoms with Crippen molar-refractivity contribution in [2.24, 2.45) is 5.73 Å². The van der Waals surface area contributed by atoms with Gasteiger partial charge in [-0.05, 0) is 19.9 Å². The second kappa shape index (κ2) is 4.99. The molecule has 0 fully saturated rings. The first-order chi connectivity index (χ1) is 6.24. The number of nitrogens with two attached hydrogens (primary N) is 1. The number of rotatable bonds is 5. The molecule has 0 spiro atoms. The summed E-state index contributed by atoms with van der Waals surface area (Å²) in [4.78, 5) is 0. The summed E-state index contributed by atoms with van der Waals surface area (Å²) in [6, 6.07) is 2.09. The van der Waals surface area contributed by atoms with Gasteiger partial charge < -0.3 is 11.1 Å². The summed E-state index contributed by atoms with van der Waals surface area (Å²) < 4.78 is 2.01. The van der Waals surface area contributed by atoms with Gasteiger partial charge in [-0.15, -0.1) is 0 Å². The van der Waals surface area contributed by atoms with Gasteiger partial charge in [0.2, 0.25) is 0 Å². The molecule has 4 nitrogen and oxygen atoms in total. The summed E-state index contributed by atoms with van der Waals surface area (Å²) in [5.74, 6) is 0. The number of aromatic nitrogens is 2. The lowest BCUT2D eigenvalue weighted by molar-refractivity contribution is 0.546. The highest BCUT2D eigenvalue weighted by molar-refractivity contribution is 5.06. The number of hydrogen-bond donors (Lipinski definition) is 2. The Morgan fingerprint density at radius 1 is 1.46 bits per heavy atom. The van der Waals surface area contributed by atoms with Crippen LogP contribution in [0.4, 0.5) is 0 Å². The topological polar surface area (TPSA) is 55.9 Å². The van der Waals surface area contributed by atoms with E-state index in [1.165, 1.54) is 5.69 Å². The van der Waals surface area contributed by atoms with Crippen LogP contribution in [0.1, 0.15) is 11.4 Å². The minimum absolute atomic E-state index is 0.692. The quantitative estimate of drug-likeness (QED) is 0.633. The van der Waals surface area contributed by atoms with Gasteiger partial charge in [0.15, 0.2) is 0 Å². The van der Waals surface area contributed by atoms with E-state index in [4.69, 9.17) is 5.73 Å². The van der Waals surface area contributed by atoms with Gasteiger partial charge in [0.25, 0.3) is 0 Å². The maximum absolute atomic E-state index is 5.36. The van der Waals surface area contributed by atoms with Crippen molar-refractivity contribution in [2.75, 3.05) is 19.6 Å². The van der Waals surface area contributed by atoms with Gasteiger partial charge in [0.05, 0.1) is 12.2 Å². The van der Waals surface area contributed by atoms with E-state index in [2.05, 4.69) is 23.4 Å². The van der Waals surface area contributed by atoms with Crippen LogP contribution in [0.3, 0.4) is 0 Å². The van der Waals surface area contributed by atoms with Crippen LogP contribution in [0.2, 0.25) is 0 Å². The van der Waals surface area contributed by atoms with Crippen molar-refractivity contribution >= 4 is 0 Å². The monoisotopic (exact) mass is 182 g/mol. The standard InChI is InChI=1S/C9H18N4/c1-8-7-9(2)13(12-8)6-5-11-4-3-10/h7,11H,3-6,10H2,1-2H3. The number of hydrogen-bond acceptors (Lipinski definition) is 3. The lowest BCUT2D eigenvalue weighted by atomic mass is 10.4. The molecule has 3 N–H and O–H groups in total. The first-order valence-corrected chi connectivity index (χ1v) is 4.66.